The Bertz CT molecular complexity index is 1120. The zero-order valence-electron chi connectivity index (χ0n) is 18.0. The minimum absolute atomic E-state index is 0.0334. The minimum Gasteiger partial charge on any atom is -0.493 e. The van der Waals surface area contributed by atoms with Crippen molar-refractivity contribution in [1.29, 1.82) is 0 Å². The minimum atomic E-state index is -0.357. The van der Waals surface area contributed by atoms with E-state index < -0.39 is 0 Å². The first-order valence-corrected chi connectivity index (χ1v) is 12.2. The molecule has 2 fully saturated rings. The molecule has 2 aliphatic rings. The number of carbonyl (C=O) groups is 2. The molecule has 33 heavy (non-hydrogen) atoms. The van der Waals surface area contributed by atoms with Crippen molar-refractivity contribution in [2.24, 2.45) is 0 Å². The van der Waals surface area contributed by atoms with Gasteiger partial charge >= 0.3 is 6.03 Å². The largest absolute Gasteiger partial charge is 0.493 e. The summed E-state index contributed by atoms with van der Waals surface area (Å²) in [6.45, 7) is 0.219. The first kappa shape index (κ1) is 23.9. The number of amides is 3. The van der Waals surface area contributed by atoms with Gasteiger partial charge in [-0.1, -0.05) is 48.5 Å². The molecule has 1 aliphatic carbocycles. The van der Waals surface area contributed by atoms with Gasteiger partial charge in [0.15, 0.2) is 11.5 Å². The first-order valence-electron chi connectivity index (χ1n) is 10.7. The number of rotatable bonds is 6. The van der Waals surface area contributed by atoms with Crippen LogP contribution in [0.1, 0.15) is 43.2 Å². The Balaban J connectivity index is 1.54. The van der Waals surface area contributed by atoms with Crippen LogP contribution in [0.2, 0.25) is 10.0 Å². The predicted octanol–water partition coefficient (Wildman–Crippen LogP) is 6.57. The van der Waals surface area contributed by atoms with E-state index in [2.05, 4.69) is 21.2 Å². The molecule has 0 aromatic heterocycles. The Morgan fingerprint density at radius 3 is 2.61 bits per heavy atom. The molecule has 0 bridgehead atoms. The molecule has 0 atom stereocenters. The Morgan fingerprint density at radius 2 is 1.91 bits per heavy atom. The van der Waals surface area contributed by atoms with Crippen molar-refractivity contribution in [3.8, 4) is 11.5 Å². The molecular weight excluding hydrogens is 531 g/mol. The number of nitrogens with one attached hydrogen (secondary N) is 1. The average Bonchev–Trinajstić information content (AvgIpc) is 3.07. The first-order chi connectivity index (χ1) is 15.9. The van der Waals surface area contributed by atoms with Crippen molar-refractivity contribution >= 4 is 57.1 Å². The molecule has 1 N–H and O–H groups in total. The number of hydrogen-bond acceptors (Lipinski definition) is 4. The van der Waals surface area contributed by atoms with E-state index in [-0.39, 0.29) is 30.3 Å². The Kier molecular flexibility index (Phi) is 7.51. The van der Waals surface area contributed by atoms with Gasteiger partial charge in [-0.15, -0.1) is 0 Å². The van der Waals surface area contributed by atoms with Gasteiger partial charge in [-0.2, -0.15) is 0 Å². The van der Waals surface area contributed by atoms with Crippen molar-refractivity contribution in [1.82, 2.24) is 10.2 Å². The van der Waals surface area contributed by atoms with Crippen LogP contribution >= 0.6 is 39.1 Å². The van der Waals surface area contributed by atoms with E-state index >= 15 is 0 Å². The van der Waals surface area contributed by atoms with Crippen molar-refractivity contribution in [2.45, 2.75) is 44.8 Å². The summed E-state index contributed by atoms with van der Waals surface area (Å²) in [5, 5.41) is 3.78. The lowest BCUT2D eigenvalue weighted by molar-refractivity contribution is -0.124. The normalized spacial score (nSPS) is 18.1. The van der Waals surface area contributed by atoms with Gasteiger partial charge in [0.2, 0.25) is 0 Å². The molecule has 1 aliphatic heterocycles. The number of methoxy groups -OCH3 is 1. The summed E-state index contributed by atoms with van der Waals surface area (Å²) < 4.78 is 12.1. The number of ether oxygens (including phenoxy) is 2. The maximum atomic E-state index is 12.9. The summed E-state index contributed by atoms with van der Waals surface area (Å²) in [5.41, 5.74) is 1.72. The molecule has 174 valence electrons. The summed E-state index contributed by atoms with van der Waals surface area (Å²) in [5.74, 6) is 0.679. The van der Waals surface area contributed by atoms with E-state index in [9.17, 15) is 9.59 Å². The molecule has 1 saturated heterocycles. The fourth-order valence-corrected chi connectivity index (χ4v) is 5.18. The van der Waals surface area contributed by atoms with Crippen LogP contribution in [-0.2, 0) is 11.4 Å². The summed E-state index contributed by atoms with van der Waals surface area (Å²) in [4.78, 5) is 26.8. The Labute approximate surface area is 211 Å². The van der Waals surface area contributed by atoms with Crippen LogP contribution in [0, 0.1) is 0 Å². The summed E-state index contributed by atoms with van der Waals surface area (Å²) in [7, 11) is 1.54. The lowest BCUT2D eigenvalue weighted by Gasteiger charge is -2.28. The fraction of sp³-hybridized carbons (Fsp3) is 0.333. The highest BCUT2D eigenvalue weighted by molar-refractivity contribution is 9.10. The standard InChI is InChI=1S/C24H23BrCl2N2O4/c1-32-21-11-14(9-18(25)22(21)33-13-15-7-8-16(26)12-19(15)27)10-20-23(30)29(24(31)28-20)17-5-3-2-4-6-17/h7-12,17H,2-6,13H2,1H3,(H,28,31)/b20-10-. The van der Waals surface area contributed by atoms with Crippen LogP contribution in [0.15, 0.2) is 40.5 Å². The van der Waals surface area contributed by atoms with Crippen LogP contribution < -0.4 is 14.8 Å². The summed E-state index contributed by atoms with van der Waals surface area (Å²) >= 11 is 15.7. The third kappa shape index (κ3) is 5.31. The third-order valence-electron chi connectivity index (χ3n) is 5.80. The maximum Gasteiger partial charge on any atom is 0.329 e. The SMILES string of the molecule is COc1cc(/C=C2\NC(=O)N(C3CCCCC3)C2=O)cc(Br)c1OCc1ccc(Cl)cc1Cl. The Morgan fingerprint density at radius 1 is 1.15 bits per heavy atom. The lowest BCUT2D eigenvalue weighted by Crippen LogP contribution is -2.41. The number of halogens is 3. The van der Waals surface area contributed by atoms with E-state index in [1.165, 1.54) is 12.0 Å². The van der Waals surface area contributed by atoms with E-state index in [4.69, 9.17) is 32.7 Å². The number of imide groups is 1. The van der Waals surface area contributed by atoms with E-state index in [1.54, 1.807) is 36.4 Å². The van der Waals surface area contributed by atoms with E-state index in [1.807, 2.05) is 0 Å². The highest BCUT2D eigenvalue weighted by Crippen LogP contribution is 2.38. The fourth-order valence-electron chi connectivity index (χ4n) is 4.14. The zero-order valence-corrected chi connectivity index (χ0v) is 21.1. The topological polar surface area (TPSA) is 67.9 Å². The van der Waals surface area contributed by atoms with Gasteiger partial charge in [-0.05, 0) is 64.7 Å². The van der Waals surface area contributed by atoms with Crippen LogP contribution in [-0.4, -0.2) is 30.0 Å². The highest BCUT2D eigenvalue weighted by Gasteiger charge is 2.39. The van der Waals surface area contributed by atoms with Crippen LogP contribution in [0.3, 0.4) is 0 Å². The van der Waals surface area contributed by atoms with E-state index in [0.29, 0.717) is 31.6 Å². The van der Waals surface area contributed by atoms with Gasteiger partial charge in [-0.3, -0.25) is 9.69 Å². The molecule has 1 saturated carbocycles. The number of nitrogens with zero attached hydrogens (tertiary/aromatic N) is 1. The van der Waals surface area contributed by atoms with Gasteiger partial charge in [0.25, 0.3) is 5.91 Å². The van der Waals surface area contributed by atoms with Gasteiger partial charge in [0, 0.05) is 21.7 Å². The van der Waals surface area contributed by atoms with Gasteiger partial charge in [-0.25, -0.2) is 4.79 Å². The molecule has 9 heteroatoms. The molecule has 4 rings (SSSR count). The van der Waals surface area contributed by atoms with Gasteiger partial charge < -0.3 is 14.8 Å². The third-order valence-corrected chi connectivity index (χ3v) is 6.98. The maximum absolute atomic E-state index is 12.9. The second-order valence-electron chi connectivity index (χ2n) is 8.01. The summed E-state index contributed by atoms with van der Waals surface area (Å²) in [6.07, 6.45) is 6.58. The molecule has 2 aromatic carbocycles. The van der Waals surface area contributed by atoms with E-state index in [0.717, 1.165) is 37.7 Å². The van der Waals surface area contributed by atoms with Crippen LogP contribution in [0.4, 0.5) is 4.79 Å². The number of carbonyl (C=O) groups excluding carboxylic acids is 2. The summed E-state index contributed by atoms with van der Waals surface area (Å²) in [6, 6.07) is 8.37. The van der Waals surface area contributed by atoms with Crippen molar-refractivity contribution < 1.29 is 19.1 Å². The predicted molar refractivity (Wildman–Crippen MR) is 132 cm³/mol. The zero-order chi connectivity index (χ0) is 23.5. The van der Waals surface area contributed by atoms with Crippen LogP contribution in [0.25, 0.3) is 6.08 Å². The quantitative estimate of drug-likeness (QED) is 0.324. The van der Waals surface area contributed by atoms with Crippen molar-refractivity contribution in [2.75, 3.05) is 7.11 Å². The molecule has 6 nitrogen and oxygen atoms in total. The molecule has 0 spiro atoms. The van der Waals surface area contributed by atoms with Gasteiger partial charge in [0.05, 0.1) is 11.6 Å². The van der Waals surface area contributed by atoms with Crippen molar-refractivity contribution in [3.05, 3.63) is 61.7 Å². The molecule has 3 amide bonds. The molecule has 0 radical (unpaired) electrons. The Hall–Kier alpha value is -2.22. The average molecular weight is 554 g/mol. The second-order valence-corrected chi connectivity index (χ2v) is 9.71. The lowest BCUT2D eigenvalue weighted by atomic mass is 9.94. The number of urea groups is 1. The monoisotopic (exact) mass is 552 g/mol. The molecule has 1 heterocycles. The van der Waals surface area contributed by atoms with Crippen molar-refractivity contribution in [3.63, 3.8) is 0 Å². The molecule has 2 aromatic rings. The van der Waals surface area contributed by atoms with Crippen LogP contribution in [0.5, 0.6) is 11.5 Å². The second kappa shape index (κ2) is 10.4. The molecule has 0 unspecified atom stereocenters. The molecular formula is C24H23BrCl2N2O4. The van der Waals surface area contributed by atoms with Gasteiger partial charge in [0.1, 0.15) is 12.3 Å². The number of hydrogen-bond donors (Lipinski definition) is 1. The smallest absolute Gasteiger partial charge is 0.329 e. The number of benzene rings is 2. The highest BCUT2D eigenvalue weighted by atomic mass is 79.9.